The summed E-state index contributed by atoms with van der Waals surface area (Å²) in [6.07, 6.45) is -0.296. The number of hydrogen-bond donors (Lipinski definition) is 1. The first kappa shape index (κ1) is 17.5. The van der Waals surface area contributed by atoms with Crippen LogP contribution in [0.5, 0.6) is 0 Å². The van der Waals surface area contributed by atoms with Crippen molar-refractivity contribution in [3.8, 4) is 0 Å². The Balaban J connectivity index is 2.30. The van der Waals surface area contributed by atoms with Crippen LogP contribution >= 0.6 is 0 Å². The molecule has 1 aliphatic rings. The van der Waals surface area contributed by atoms with E-state index in [2.05, 4.69) is 16.9 Å². The molecular weight excluding hydrogens is 270 g/mol. The molecule has 0 unspecified atom stereocenters. The standard InChI is InChI=1S/C15H27N3O3/c1-12(2)11-20-9-7-17-13-10-18(8-6-16-13)14(19)21-15(3,4)5/h1,6-11H2,2-5H3,(H,16,17). The maximum Gasteiger partial charge on any atom is 0.410 e. The lowest BCUT2D eigenvalue weighted by Crippen LogP contribution is -2.47. The molecule has 0 aliphatic carbocycles. The van der Waals surface area contributed by atoms with E-state index in [-0.39, 0.29) is 6.09 Å². The Bertz CT molecular complexity index is 399. The van der Waals surface area contributed by atoms with Gasteiger partial charge in [0.1, 0.15) is 11.4 Å². The van der Waals surface area contributed by atoms with Crippen LogP contribution < -0.4 is 5.32 Å². The molecule has 0 saturated heterocycles. The summed E-state index contributed by atoms with van der Waals surface area (Å²) in [6.45, 7) is 14.7. The van der Waals surface area contributed by atoms with Crippen molar-refractivity contribution in [3.05, 3.63) is 12.2 Å². The smallest absolute Gasteiger partial charge is 0.410 e. The number of amidine groups is 1. The minimum Gasteiger partial charge on any atom is -0.444 e. The lowest BCUT2D eigenvalue weighted by Gasteiger charge is -2.29. The second-order valence-electron chi connectivity index (χ2n) is 6.17. The molecule has 0 aromatic carbocycles. The molecule has 1 aliphatic heterocycles. The Hall–Kier alpha value is -1.56. The van der Waals surface area contributed by atoms with Crippen molar-refractivity contribution in [2.24, 2.45) is 4.99 Å². The largest absolute Gasteiger partial charge is 0.444 e. The van der Waals surface area contributed by atoms with Crippen molar-refractivity contribution in [1.82, 2.24) is 10.2 Å². The molecule has 1 amide bonds. The molecule has 0 fully saturated rings. The summed E-state index contributed by atoms with van der Waals surface area (Å²) >= 11 is 0. The number of aliphatic imine (C=N–C) groups is 1. The van der Waals surface area contributed by atoms with Crippen molar-refractivity contribution in [2.75, 3.05) is 39.4 Å². The molecule has 0 atom stereocenters. The maximum absolute atomic E-state index is 12.0. The Morgan fingerprint density at radius 3 is 2.81 bits per heavy atom. The monoisotopic (exact) mass is 297 g/mol. The van der Waals surface area contributed by atoms with Gasteiger partial charge in [0.2, 0.25) is 0 Å². The van der Waals surface area contributed by atoms with Gasteiger partial charge in [-0.1, -0.05) is 12.2 Å². The summed E-state index contributed by atoms with van der Waals surface area (Å²) in [7, 11) is 0. The maximum atomic E-state index is 12.0. The van der Waals surface area contributed by atoms with Gasteiger partial charge in [-0.15, -0.1) is 0 Å². The van der Waals surface area contributed by atoms with E-state index in [0.29, 0.717) is 39.4 Å². The van der Waals surface area contributed by atoms with Crippen LogP contribution in [0, 0.1) is 0 Å². The number of carbonyl (C=O) groups excluding carboxylic acids is 1. The molecule has 1 rings (SSSR count). The Morgan fingerprint density at radius 1 is 1.48 bits per heavy atom. The number of carbonyl (C=O) groups is 1. The summed E-state index contributed by atoms with van der Waals surface area (Å²) in [5, 5.41) is 3.19. The molecule has 0 radical (unpaired) electrons. The third-order valence-corrected chi connectivity index (χ3v) is 2.59. The molecule has 6 heteroatoms. The van der Waals surface area contributed by atoms with Gasteiger partial charge < -0.3 is 14.8 Å². The number of ether oxygens (including phenoxy) is 2. The molecule has 6 nitrogen and oxygen atoms in total. The molecule has 0 aromatic rings. The third-order valence-electron chi connectivity index (χ3n) is 2.59. The molecule has 120 valence electrons. The predicted octanol–water partition coefficient (Wildman–Crippen LogP) is 1.82. The van der Waals surface area contributed by atoms with Gasteiger partial charge in [-0.25, -0.2) is 4.79 Å². The minimum atomic E-state index is -0.477. The minimum absolute atomic E-state index is 0.296. The quantitative estimate of drug-likeness (QED) is 0.621. The van der Waals surface area contributed by atoms with Gasteiger partial charge >= 0.3 is 6.09 Å². The van der Waals surface area contributed by atoms with Gasteiger partial charge in [-0.2, -0.15) is 0 Å². The van der Waals surface area contributed by atoms with E-state index in [9.17, 15) is 4.79 Å². The van der Waals surface area contributed by atoms with Crippen molar-refractivity contribution in [3.63, 3.8) is 0 Å². The first-order valence-corrected chi connectivity index (χ1v) is 7.25. The topological polar surface area (TPSA) is 63.2 Å². The summed E-state index contributed by atoms with van der Waals surface area (Å²) in [5.41, 5.74) is 0.524. The average Bonchev–Trinajstić information content (AvgIpc) is 2.36. The zero-order valence-electron chi connectivity index (χ0n) is 13.6. The van der Waals surface area contributed by atoms with E-state index in [1.165, 1.54) is 0 Å². The van der Waals surface area contributed by atoms with Crippen molar-refractivity contribution in [1.29, 1.82) is 0 Å². The van der Waals surface area contributed by atoms with Crippen LogP contribution in [0.1, 0.15) is 27.7 Å². The number of nitrogens with one attached hydrogen (secondary N) is 1. The van der Waals surface area contributed by atoms with Crippen LogP contribution in [0.25, 0.3) is 0 Å². The van der Waals surface area contributed by atoms with Crippen LogP contribution in [0.2, 0.25) is 0 Å². The first-order valence-electron chi connectivity index (χ1n) is 7.25. The van der Waals surface area contributed by atoms with Crippen LogP contribution in [0.15, 0.2) is 17.1 Å². The van der Waals surface area contributed by atoms with Gasteiger partial charge in [0.25, 0.3) is 0 Å². The van der Waals surface area contributed by atoms with Crippen molar-refractivity contribution < 1.29 is 14.3 Å². The molecule has 0 bridgehead atoms. The first-order chi connectivity index (χ1) is 9.78. The molecule has 21 heavy (non-hydrogen) atoms. The zero-order chi connectivity index (χ0) is 15.9. The highest BCUT2D eigenvalue weighted by Gasteiger charge is 2.24. The van der Waals surface area contributed by atoms with Crippen molar-refractivity contribution >= 4 is 11.9 Å². The van der Waals surface area contributed by atoms with Gasteiger partial charge in [0.05, 0.1) is 26.3 Å². The number of nitrogens with zero attached hydrogens (tertiary/aromatic N) is 2. The highest BCUT2D eigenvalue weighted by Crippen LogP contribution is 2.10. The molecular formula is C15H27N3O3. The van der Waals surface area contributed by atoms with Crippen molar-refractivity contribution in [2.45, 2.75) is 33.3 Å². The lowest BCUT2D eigenvalue weighted by atomic mass is 10.2. The summed E-state index contributed by atoms with van der Waals surface area (Å²) in [4.78, 5) is 18.0. The molecule has 1 heterocycles. The summed E-state index contributed by atoms with van der Waals surface area (Å²) in [6, 6.07) is 0. The van der Waals surface area contributed by atoms with Gasteiger partial charge in [0, 0.05) is 13.1 Å². The van der Waals surface area contributed by atoms with E-state index in [1.54, 1.807) is 4.90 Å². The molecule has 0 aromatic heterocycles. The highest BCUT2D eigenvalue weighted by molar-refractivity contribution is 5.87. The van der Waals surface area contributed by atoms with E-state index < -0.39 is 5.60 Å². The van der Waals surface area contributed by atoms with Gasteiger partial charge in [-0.3, -0.25) is 9.89 Å². The Kier molecular flexibility index (Phi) is 6.68. The molecule has 1 N–H and O–H groups in total. The van der Waals surface area contributed by atoms with Crippen LogP contribution in [0.3, 0.4) is 0 Å². The molecule has 0 spiro atoms. The van der Waals surface area contributed by atoms with E-state index >= 15 is 0 Å². The van der Waals surface area contributed by atoms with Crippen LogP contribution in [-0.2, 0) is 9.47 Å². The fourth-order valence-electron chi connectivity index (χ4n) is 1.72. The number of amides is 1. The van der Waals surface area contributed by atoms with Crippen LogP contribution in [-0.4, -0.2) is 61.8 Å². The average molecular weight is 297 g/mol. The van der Waals surface area contributed by atoms with E-state index in [0.717, 1.165) is 11.4 Å². The SMILES string of the molecule is C=C(C)COCCNC1=NCCN(C(=O)OC(C)(C)C)C1. The normalized spacial score (nSPS) is 15.4. The Morgan fingerprint density at radius 2 is 2.19 bits per heavy atom. The Labute approximate surface area is 127 Å². The fraction of sp³-hybridized carbons (Fsp3) is 0.733. The number of hydrogen-bond acceptors (Lipinski definition) is 5. The third kappa shape index (κ3) is 7.70. The summed E-state index contributed by atoms with van der Waals surface area (Å²) in [5.74, 6) is 0.797. The lowest BCUT2D eigenvalue weighted by molar-refractivity contribution is 0.0276. The van der Waals surface area contributed by atoms with E-state index in [4.69, 9.17) is 9.47 Å². The van der Waals surface area contributed by atoms with E-state index in [1.807, 2.05) is 27.7 Å². The number of rotatable bonds is 5. The zero-order valence-corrected chi connectivity index (χ0v) is 13.6. The van der Waals surface area contributed by atoms with Gasteiger partial charge in [0.15, 0.2) is 0 Å². The van der Waals surface area contributed by atoms with Gasteiger partial charge in [-0.05, 0) is 27.7 Å². The van der Waals surface area contributed by atoms with Crippen LogP contribution in [0.4, 0.5) is 4.79 Å². The highest BCUT2D eigenvalue weighted by atomic mass is 16.6. The fourth-order valence-corrected chi connectivity index (χ4v) is 1.72. The second kappa shape index (κ2) is 8.02. The summed E-state index contributed by atoms with van der Waals surface area (Å²) < 4.78 is 10.8. The predicted molar refractivity (Wildman–Crippen MR) is 83.7 cm³/mol. The molecule has 0 saturated carbocycles. The second-order valence-corrected chi connectivity index (χ2v) is 6.17.